The van der Waals surface area contributed by atoms with Gasteiger partial charge in [0.25, 0.3) is 0 Å². The van der Waals surface area contributed by atoms with Crippen molar-refractivity contribution in [3.63, 3.8) is 0 Å². The lowest BCUT2D eigenvalue weighted by Gasteiger charge is -2.35. The fourth-order valence-corrected chi connectivity index (χ4v) is 2.46. The summed E-state index contributed by atoms with van der Waals surface area (Å²) < 4.78 is 5.28. The highest BCUT2D eigenvalue weighted by atomic mass is 16.5. The van der Waals surface area contributed by atoms with Crippen molar-refractivity contribution in [2.45, 2.75) is 46.1 Å². The second-order valence-electron chi connectivity index (χ2n) is 6.73. The Labute approximate surface area is 115 Å². The van der Waals surface area contributed by atoms with Crippen LogP contribution in [0.3, 0.4) is 0 Å². The van der Waals surface area contributed by atoms with Gasteiger partial charge in [-0.05, 0) is 24.7 Å². The number of nitrogens with one attached hydrogen (secondary N) is 1. The molecule has 19 heavy (non-hydrogen) atoms. The van der Waals surface area contributed by atoms with Gasteiger partial charge in [-0.2, -0.15) is 0 Å². The van der Waals surface area contributed by atoms with Gasteiger partial charge in [0, 0.05) is 26.3 Å². The average Bonchev–Trinajstić information content (AvgIpc) is 2.34. The number of aliphatic hydroxyl groups is 1. The Bertz CT molecular complexity index is 294. The Morgan fingerprint density at radius 1 is 1.42 bits per heavy atom. The first-order valence-electron chi connectivity index (χ1n) is 7.03. The zero-order chi connectivity index (χ0) is 14.5. The van der Waals surface area contributed by atoms with E-state index in [2.05, 4.69) is 26.1 Å². The maximum Gasteiger partial charge on any atom is 0.227 e. The third-order valence-electron chi connectivity index (χ3n) is 3.67. The van der Waals surface area contributed by atoms with E-state index in [9.17, 15) is 9.90 Å². The summed E-state index contributed by atoms with van der Waals surface area (Å²) in [7, 11) is 0. The van der Waals surface area contributed by atoms with Crippen LogP contribution in [-0.4, -0.2) is 43.4 Å². The summed E-state index contributed by atoms with van der Waals surface area (Å²) >= 11 is 0. The molecule has 1 atom stereocenters. The largest absolute Gasteiger partial charge is 0.391 e. The lowest BCUT2D eigenvalue weighted by molar-refractivity contribution is -0.136. The molecule has 5 nitrogen and oxygen atoms in total. The first-order chi connectivity index (χ1) is 8.79. The summed E-state index contributed by atoms with van der Waals surface area (Å²) in [5, 5.41) is 12.8. The maximum absolute atomic E-state index is 12.3. The van der Waals surface area contributed by atoms with Crippen molar-refractivity contribution in [3.8, 4) is 0 Å². The van der Waals surface area contributed by atoms with Gasteiger partial charge in [-0.3, -0.25) is 4.79 Å². The molecule has 0 aromatic rings. The van der Waals surface area contributed by atoms with E-state index in [1.54, 1.807) is 0 Å². The Morgan fingerprint density at radius 2 is 2.00 bits per heavy atom. The highest BCUT2D eigenvalue weighted by Gasteiger charge is 2.38. The Kier molecular flexibility index (Phi) is 5.77. The molecule has 1 amide bonds. The molecule has 0 bridgehead atoms. The SMILES string of the molecule is CC(C)(C)CC(O)CNC(=O)C1(CN)CCOCC1. The van der Waals surface area contributed by atoms with Crippen LogP contribution in [0.2, 0.25) is 0 Å². The number of carbonyl (C=O) groups excluding carboxylic acids is 1. The minimum absolute atomic E-state index is 0.0498. The molecule has 1 fully saturated rings. The zero-order valence-electron chi connectivity index (χ0n) is 12.4. The predicted molar refractivity (Wildman–Crippen MR) is 74.6 cm³/mol. The molecule has 0 radical (unpaired) electrons. The third kappa shape index (κ3) is 5.09. The molecule has 0 aromatic heterocycles. The molecule has 1 heterocycles. The van der Waals surface area contributed by atoms with Crippen LogP contribution >= 0.6 is 0 Å². The number of amides is 1. The summed E-state index contributed by atoms with van der Waals surface area (Å²) in [6.45, 7) is 7.98. The highest BCUT2D eigenvalue weighted by Crippen LogP contribution is 2.29. The van der Waals surface area contributed by atoms with E-state index in [4.69, 9.17) is 10.5 Å². The number of hydrogen-bond donors (Lipinski definition) is 3. The van der Waals surface area contributed by atoms with Gasteiger partial charge >= 0.3 is 0 Å². The Balaban J connectivity index is 2.45. The molecule has 0 aliphatic carbocycles. The normalized spacial score (nSPS) is 20.9. The van der Waals surface area contributed by atoms with Gasteiger partial charge in [-0.1, -0.05) is 20.8 Å². The monoisotopic (exact) mass is 272 g/mol. The number of aliphatic hydroxyl groups excluding tert-OH is 1. The minimum atomic E-state index is -0.515. The van der Waals surface area contributed by atoms with Crippen LogP contribution < -0.4 is 11.1 Å². The fourth-order valence-electron chi connectivity index (χ4n) is 2.46. The van der Waals surface area contributed by atoms with Gasteiger partial charge in [0.1, 0.15) is 0 Å². The lowest BCUT2D eigenvalue weighted by Crippen LogP contribution is -2.50. The van der Waals surface area contributed by atoms with Crippen LogP contribution in [0.1, 0.15) is 40.0 Å². The predicted octanol–water partition coefficient (Wildman–Crippen LogP) is 0.655. The second kappa shape index (κ2) is 6.68. The van der Waals surface area contributed by atoms with E-state index >= 15 is 0 Å². The first kappa shape index (κ1) is 16.4. The quantitative estimate of drug-likeness (QED) is 0.686. The van der Waals surface area contributed by atoms with Crippen molar-refractivity contribution in [2.24, 2.45) is 16.6 Å². The maximum atomic E-state index is 12.3. The van der Waals surface area contributed by atoms with Crippen molar-refractivity contribution in [2.75, 3.05) is 26.3 Å². The van der Waals surface area contributed by atoms with E-state index in [1.807, 2.05) is 0 Å². The van der Waals surface area contributed by atoms with Crippen LogP contribution in [0, 0.1) is 10.8 Å². The molecule has 1 rings (SSSR count). The Morgan fingerprint density at radius 3 is 2.47 bits per heavy atom. The molecule has 1 saturated heterocycles. The van der Waals surface area contributed by atoms with E-state index in [1.165, 1.54) is 0 Å². The molecule has 1 aliphatic rings. The van der Waals surface area contributed by atoms with Crippen LogP contribution in [0.4, 0.5) is 0 Å². The van der Waals surface area contributed by atoms with Crippen molar-refractivity contribution >= 4 is 5.91 Å². The van der Waals surface area contributed by atoms with Crippen LogP contribution in [-0.2, 0) is 9.53 Å². The summed E-state index contributed by atoms with van der Waals surface area (Å²) in [6, 6.07) is 0. The smallest absolute Gasteiger partial charge is 0.227 e. The molecule has 0 spiro atoms. The van der Waals surface area contributed by atoms with Gasteiger partial charge in [0.05, 0.1) is 11.5 Å². The van der Waals surface area contributed by atoms with Crippen molar-refractivity contribution in [1.29, 1.82) is 0 Å². The van der Waals surface area contributed by atoms with E-state index in [0.717, 1.165) is 0 Å². The van der Waals surface area contributed by atoms with Gasteiger partial charge in [-0.25, -0.2) is 0 Å². The molecule has 0 aromatic carbocycles. The molecule has 0 saturated carbocycles. The molecular weight excluding hydrogens is 244 g/mol. The number of ether oxygens (including phenoxy) is 1. The lowest BCUT2D eigenvalue weighted by atomic mass is 9.79. The zero-order valence-corrected chi connectivity index (χ0v) is 12.4. The minimum Gasteiger partial charge on any atom is -0.391 e. The van der Waals surface area contributed by atoms with Crippen molar-refractivity contribution < 1.29 is 14.6 Å². The Hall–Kier alpha value is -0.650. The van der Waals surface area contributed by atoms with Gasteiger partial charge in [0.15, 0.2) is 0 Å². The molecule has 1 unspecified atom stereocenters. The summed E-state index contributed by atoms with van der Waals surface area (Å²) in [5.74, 6) is -0.0498. The summed E-state index contributed by atoms with van der Waals surface area (Å²) in [4.78, 5) is 12.3. The fraction of sp³-hybridized carbons (Fsp3) is 0.929. The van der Waals surface area contributed by atoms with Gasteiger partial charge in [-0.15, -0.1) is 0 Å². The van der Waals surface area contributed by atoms with Crippen LogP contribution in [0.5, 0.6) is 0 Å². The van der Waals surface area contributed by atoms with Crippen LogP contribution in [0.15, 0.2) is 0 Å². The molecule has 4 N–H and O–H groups in total. The van der Waals surface area contributed by atoms with Crippen LogP contribution in [0.25, 0.3) is 0 Å². The average molecular weight is 272 g/mol. The summed E-state index contributed by atoms with van der Waals surface area (Å²) in [5.41, 5.74) is 5.30. The number of hydrogen-bond acceptors (Lipinski definition) is 4. The van der Waals surface area contributed by atoms with Crippen molar-refractivity contribution in [3.05, 3.63) is 0 Å². The molecule has 5 heteroatoms. The topological polar surface area (TPSA) is 84.6 Å². The van der Waals surface area contributed by atoms with E-state index < -0.39 is 11.5 Å². The second-order valence-corrected chi connectivity index (χ2v) is 6.73. The molecule has 1 aliphatic heterocycles. The van der Waals surface area contributed by atoms with Gasteiger partial charge < -0.3 is 20.9 Å². The highest BCUT2D eigenvalue weighted by molar-refractivity contribution is 5.83. The molecular formula is C14H28N2O3. The van der Waals surface area contributed by atoms with E-state index in [0.29, 0.717) is 45.6 Å². The first-order valence-corrected chi connectivity index (χ1v) is 7.03. The molecule has 112 valence electrons. The number of carbonyl (C=O) groups is 1. The standard InChI is InChI=1S/C14H28N2O3/c1-13(2,3)8-11(17)9-16-12(18)14(10-15)4-6-19-7-5-14/h11,17H,4-10,15H2,1-3H3,(H,16,18). The number of nitrogens with two attached hydrogens (primary N) is 1. The summed E-state index contributed by atoms with van der Waals surface area (Å²) in [6.07, 6.45) is 1.46. The van der Waals surface area contributed by atoms with E-state index in [-0.39, 0.29) is 11.3 Å². The van der Waals surface area contributed by atoms with Crippen molar-refractivity contribution in [1.82, 2.24) is 5.32 Å². The number of rotatable bonds is 5. The third-order valence-corrected chi connectivity index (χ3v) is 3.67. The van der Waals surface area contributed by atoms with Gasteiger partial charge in [0.2, 0.25) is 5.91 Å².